The van der Waals surface area contributed by atoms with Gasteiger partial charge in [-0.25, -0.2) is 0 Å². The monoisotopic (exact) mass is 374 g/mol. The Bertz CT molecular complexity index is 919. The summed E-state index contributed by atoms with van der Waals surface area (Å²) in [6, 6.07) is 20.6. The van der Waals surface area contributed by atoms with Crippen LogP contribution in [-0.2, 0) is 0 Å². The van der Waals surface area contributed by atoms with Crippen molar-refractivity contribution in [3.8, 4) is 11.5 Å². The predicted molar refractivity (Wildman–Crippen MR) is 107 cm³/mol. The first-order chi connectivity index (χ1) is 13.7. The molecule has 0 spiro atoms. The molecular weight excluding hydrogens is 352 g/mol. The fraction of sp³-hybridized carbons (Fsp3) is 0.227. The Morgan fingerprint density at radius 1 is 0.893 bits per heavy atom. The molecule has 142 valence electrons. The number of benzene rings is 2. The molecule has 2 heterocycles. The highest BCUT2D eigenvalue weighted by Gasteiger charge is 2.25. The molecule has 0 unspecified atom stereocenters. The molecule has 1 fully saturated rings. The van der Waals surface area contributed by atoms with E-state index in [0.29, 0.717) is 36.1 Å². The quantitative estimate of drug-likeness (QED) is 0.750. The van der Waals surface area contributed by atoms with Gasteiger partial charge in [-0.05, 0) is 61.4 Å². The van der Waals surface area contributed by atoms with Crippen LogP contribution in [0.2, 0.25) is 0 Å². The molecule has 4 rings (SSSR count). The normalized spacial score (nSPS) is 14.6. The maximum absolute atomic E-state index is 12.8. The highest BCUT2D eigenvalue weighted by atomic mass is 16.5. The molecule has 0 radical (unpaired) electrons. The maximum atomic E-state index is 12.8. The van der Waals surface area contributed by atoms with Crippen LogP contribution in [0, 0.1) is 0 Å². The molecule has 1 saturated heterocycles. The third kappa shape index (κ3) is 4.11. The number of para-hydroxylation sites is 1. The minimum Gasteiger partial charge on any atom is -0.457 e. The van der Waals surface area contributed by atoms with Gasteiger partial charge in [0.2, 0.25) is 0 Å². The Balaban J connectivity index is 1.35. The largest absolute Gasteiger partial charge is 0.457 e. The number of hydrogen-bond acceptors (Lipinski definition) is 5. The van der Waals surface area contributed by atoms with Crippen molar-refractivity contribution in [1.82, 2.24) is 15.1 Å². The zero-order valence-corrected chi connectivity index (χ0v) is 15.5. The van der Waals surface area contributed by atoms with Gasteiger partial charge in [0.25, 0.3) is 5.91 Å². The highest BCUT2D eigenvalue weighted by molar-refractivity contribution is 5.94. The SMILES string of the molecule is Nc1ccc(C2CCN(C(=O)c3ccc(Oc4ccccc4)cc3)CC2)nn1. The van der Waals surface area contributed by atoms with Crippen molar-refractivity contribution in [3.05, 3.63) is 78.0 Å². The lowest BCUT2D eigenvalue weighted by Crippen LogP contribution is -2.38. The third-order valence-corrected chi connectivity index (χ3v) is 4.99. The zero-order chi connectivity index (χ0) is 19.3. The standard InChI is InChI=1S/C22H22N4O2/c23-21-11-10-20(24-25-21)16-12-14-26(15-13-16)22(27)17-6-8-19(9-7-17)28-18-4-2-1-3-5-18/h1-11,16H,12-15H2,(H2,23,25). The van der Waals surface area contributed by atoms with Gasteiger partial charge in [-0.2, -0.15) is 5.10 Å². The molecular formula is C22H22N4O2. The number of ether oxygens (including phenoxy) is 1. The number of hydrogen-bond donors (Lipinski definition) is 1. The highest BCUT2D eigenvalue weighted by Crippen LogP contribution is 2.28. The molecule has 6 heteroatoms. The maximum Gasteiger partial charge on any atom is 0.253 e. The van der Waals surface area contributed by atoms with Gasteiger partial charge in [-0.1, -0.05) is 18.2 Å². The summed E-state index contributed by atoms with van der Waals surface area (Å²) >= 11 is 0. The van der Waals surface area contributed by atoms with Gasteiger partial charge in [0.15, 0.2) is 0 Å². The molecule has 2 N–H and O–H groups in total. The molecule has 0 aliphatic carbocycles. The van der Waals surface area contributed by atoms with Crippen molar-refractivity contribution in [2.24, 2.45) is 0 Å². The van der Waals surface area contributed by atoms with E-state index in [-0.39, 0.29) is 5.91 Å². The van der Waals surface area contributed by atoms with Gasteiger partial charge in [0, 0.05) is 24.6 Å². The summed E-state index contributed by atoms with van der Waals surface area (Å²) in [4.78, 5) is 14.7. The van der Waals surface area contributed by atoms with E-state index in [1.54, 1.807) is 6.07 Å². The average Bonchev–Trinajstić information content (AvgIpc) is 2.75. The Hall–Kier alpha value is -3.41. The van der Waals surface area contributed by atoms with Crippen molar-refractivity contribution >= 4 is 11.7 Å². The van der Waals surface area contributed by atoms with Gasteiger partial charge in [-0.3, -0.25) is 4.79 Å². The zero-order valence-electron chi connectivity index (χ0n) is 15.5. The molecule has 3 aromatic rings. The summed E-state index contributed by atoms with van der Waals surface area (Å²) in [5.41, 5.74) is 7.22. The van der Waals surface area contributed by atoms with Gasteiger partial charge in [0.1, 0.15) is 17.3 Å². The van der Waals surface area contributed by atoms with E-state index in [0.717, 1.165) is 24.3 Å². The Kier molecular flexibility index (Phi) is 5.19. The number of aromatic nitrogens is 2. The van der Waals surface area contributed by atoms with Crippen molar-refractivity contribution in [3.63, 3.8) is 0 Å². The van der Waals surface area contributed by atoms with Crippen LogP contribution in [0.15, 0.2) is 66.7 Å². The average molecular weight is 374 g/mol. The second kappa shape index (κ2) is 8.08. The van der Waals surface area contributed by atoms with E-state index < -0.39 is 0 Å². The van der Waals surface area contributed by atoms with Gasteiger partial charge in [0.05, 0.1) is 5.69 Å². The van der Waals surface area contributed by atoms with E-state index in [1.807, 2.05) is 65.6 Å². The third-order valence-electron chi connectivity index (χ3n) is 4.99. The lowest BCUT2D eigenvalue weighted by atomic mass is 9.93. The first-order valence-corrected chi connectivity index (χ1v) is 9.40. The summed E-state index contributed by atoms with van der Waals surface area (Å²) < 4.78 is 5.78. The Morgan fingerprint density at radius 2 is 1.57 bits per heavy atom. The second-order valence-electron chi connectivity index (χ2n) is 6.89. The number of carbonyl (C=O) groups excluding carboxylic acids is 1. The number of piperidine rings is 1. The molecule has 1 aliphatic rings. The number of nitrogens with two attached hydrogens (primary N) is 1. The summed E-state index contributed by atoms with van der Waals surface area (Å²) in [5, 5.41) is 8.11. The van der Waals surface area contributed by atoms with Gasteiger partial charge in [-0.15, -0.1) is 5.10 Å². The molecule has 6 nitrogen and oxygen atoms in total. The molecule has 0 atom stereocenters. The van der Waals surface area contributed by atoms with E-state index >= 15 is 0 Å². The van der Waals surface area contributed by atoms with Crippen LogP contribution in [0.4, 0.5) is 5.82 Å². The number of carbonyl (C=O) groups is 1. The number of anilines is 1. The van der Waals surface area contributed by atoms with Crippen molar-refractivity contribution < 1.29 is 9.53 Å². The molecule has 0 saturated carbocycles. The fourth-order valence-corrected chi connectivity index (χ4v) is 3.42. The van der Waals surface area contributed by atoms with Crippen molar-refractivity contribution in [2.75, 3.05) is 18.8 Å². The van der Waals surface area contributed by atoms with Crippen molar-refractivity contribution in [2.45, 2.75) is 18.8 Å². The van der Waals surface area contributed by atoms with Crippen LogP contribution in [0.3, 0.4) is 0 Å². The summed E-state index contributed by atoms with van der Waals surface area (Å²) in [6.07, 6.45) is 1.75. The minimum absolute atomic E-state index is 0.0492. The molecule has 1 aromatic heterocycles. The van der Waals surface area contributed by atoms with Crippen LogP contribution in [0.5, 0.6) is 11.5 Å². The second-order valence-corrected chi connectivity index (χ2v) is 6.89. The summed E-state index contributed by atoms with van der Waals surface area (Å²) in [6.45, 7) is 1.41. The van der Waals surface area contributed by atoms with E-state index in [2.05, 4.69) is 10.2 Å². The molecule has 1 aliphatic heterocycles. The number of amides is 1. The van der Waals surface area contributed by atoms with Crippen LogP contribution in [0.25, 0.3) is 0 Å². The van der Waals surface area contributed by atoms with E-state index in [9.17, 15) is 4.79 Å². The lowest BCUT2D eigenvalue weighted by molar-refractivity contribution is 0.0712. The molecule has 28 heavy (non-hydrogen) atoms. The fourth-order valence-electron chi connectivity index (χ4n) is 3.42. The molecule has 2 aromatic carbocycles. The van der Waals surface area contributed by atoms with Gasteiger partial charge < -0.3 is 15.4 Å². The van der Waals surface area contributed by atoms with Crippen LogP contribution < -0.4 is 10.5 Å². The number of rotatable bonds is 4. The predicted octanol–water partition coefficient (Wildman–Crippen LogP) is 3.87. The molecule has 1 amide bonds. The smallest absolute Gasteiger partial charge is 0.253 e. The van der Waals surface area contributed by atoms with Crippen molar-refractivity contribution in [1.29, 1.82) is 0 Å². The van der Waals surface area contributed by atoms with E-state index in [1.165, 1.54) is 0 Å². The minimum atomic E-state index is 0.0492. The summed E-state index contributed by atoms with van der Waals surface area (Å²) in [5.74, 6) is 2.28. The summed E-state index contributed by atoms with van der Waals surface area (Å²) in [7, 11) is 0. The topological polar surface area (TPSA) is 81.3 Å². The molecule has 0 bridgehead atoms. The van der Waals surface area contributed by atoms with E-state index in [4.69, 9.17) is 10.5 Å². The van der Waals surface area contributed by atoms with Crippen LogP contribution in [-0.4, -0.2) is 34.1 Å². The van der Waals surface area contributed by atoms with Crippen LogP contribution in [0.1, 0.15) is 34.8 Å². The van der Waals surface area contributed by atoms with Crippen LogP contribution >= 0.6 is 0 Å². The Morgan fingerprint density at radius 3 is 2.21 bits per heavy atom. The first-order valence-electron chi connectivity index (χ1n) is 9.40. The number of nitrogen functional groups attached to an aromatic ring is 1. The van der Waals surface area contributed by atoms with Gasteiger partial charge >= 0.3 is 0 Å². The Labute approximate surface area is 164 Å². The number of nitrogens with zero attached hydrogens (tertiary/aromatic N) is 3. The number of likely N-dealkylation sites (tertiary alicyclic amines) is 1. The lowest BCUT2D eigenvalue weighted by Gasteiger charge is -2.31. The first kappa shape index (κ1) is 18.0.